The lowest BCUT2D eigenvalue weighted by Crippen LogP contribution is -2.61. The molecule has 12 nitrogen and oxygen atoms in total. The van der Waals surface area contributed by atoms with E-state index in [1.54, 1.807) is 0 Å². The number of aromatic hydroxyl groups is 3. The molecule has 1 aromatic heterocycles. The molecule has 39 heavy (non-hydrogen) atoms. The first-order valence-electron chi connectivity index (χ1n) is 12.2. The summed E-state index contributed by atoms with van der Waals surface area (Å²) in [5, 5.41) is 40.8. The number of rotatable bonds is 7. The number of carbonyl (C=O) groups excluding carboxylic acids is 2. The van der Waals surface area contributed by atoms with Gasteiger partial charge in [0.1, 0.15) is 40.4 Å². The van der Waals surface area contributed by atoms with Gasteiger partial charge in [-0.05, 0) is 30.7 Å². The first kappa shape index (κ1) is 27.7. The topological polar surface area (TPSA) is 182 Å². The third-order valence-electron chi connectivity index (χ3n) is 6.08. The standard InChI is InChI=1S/C27H28O12/c1-4-5-18-24(35-12(2)28)22(34)26(36-13(3)29)27(38-18)39-25-21(33)20-17(32)10-16(31)11-19(20)37-23(25)14-6-8-15(30)9-7-14/h6-11,18,22,24,26-27,30-32,34H,4-5H2,1-3H3. The smallest absolute Gasteiger partial charge is 0.303 e. The Kier molecular flexibility index (Phi) is 7.98. The Morgan fingerprint density at radius 1 is 0.949 bits per heavy atom. The molecule has 0 spiro atoms. The van der Waals surface area contributed by atoms with Crippen molar-refractivity contribution in [2.45, 2.75) is 64.3 Å². The zero-order valence-corrected chi connectivity index (χ0v) is 21.3. The van der Waals surface area contributed by atoms with Crippen molar-refractivity contribution in [2.24, 2.45) is 0 Å². The van der Waals surface area contributed by atoms with Gasteiger partial charge in [0.05, 0.1) is 0 Å². The van der Waals surface area contributed by atoms with Crippen LogP contribution in [0.25, 0.3) is 22.3 Å². The van der Waals surface area contributed by atoms with Crippen molar-refractivity contribution >= 4 is 22.9 Å². The molecule has 0 bridgehead atoms. The molecule has 0 amide bonds. The van der Waals surface area contributed by atoms with Crippen LogP contribution in [-0.2, 0) is 23.8 Å². The lowest BCUT2D eigenvalue weighted by Gasteiger charge is -2.43. The maximum Gasteiger partial charge on any atom is 0.303 e. The molecule has 4 N–H and O–H groups in total. The summed E-state index contributed by atoms with van der Waals surface area (Å²) in [4.78, 5) is 37.3. The van der Waals surface area contributed by atoms with Crippen molar-refractivity contribution in [1.29, 1.82) is 0 Å². The fourth-order valence-electron chi connectivity index (χ4n) is 4.46. The third kappa shape index (κ3) is 5.76. The molecule has 1 aliphatic rings. The number of aliphatic hydroxyl groups excluding tert-OH is 1. The van der Waals surface area contributed by atoms with Gasteiger partial charge >= 0.3 is 11.9 Å². The summed E-state index contributed by atoms with van der Waals surface area (Å²) < 4.78 is 28.4. The highest BCUT2D eigenvalue weighted by Crippen LogP contribution is 2.38. The number of aliphatic hydroxyl groups is 1. The van der Waals surface area contributed by atoms with Gasteiger partial charge in [-0.25, -0.2) is 0 Å². The third-order valence-corrected chi connectivity index (χ3v) is 6.08. The number of ether oxygens (including phenoxy) is 4. The molecule has 208 valence electrons. The summed E-state index contributed by atoms with van der Waals surface area (Å²) in [5.41, 5.74) is -0.744. The van der Waals surface area contributed by atoms with Crippen LogP contribution in [0.15, 0.2) is 45.6 Å². The molecule has 0 radical (unpaired) electrons. The Bertz CT molecular complexity index is 1430. The quantitative estimate of drug-likeness (QED) is 0.320. The molecule has 1 fully saturated rings. The fourth-order valence-corrected chi connectivity index (χ4v) is 4.46. The zero-order valence-electron chi connectivity index (χ0n) is 21.3. The molecule has 1 saturated heterocycles. The molecule has 3 aromatic rings. The molecule has 5 atom stereocenters. The van der Waals surface area contributed by atoms with Crippen LogP contribution in [0.5, 0.6) is 23.0 Å². The molecule has 4 rings (SSSR count). The number of fused-ring (bicyclic) bond motifs is 1. The van der Waals surface area contributed by atoms with Gasteiger partial charge in [-0.1, -0.05) is 13.3 Å². The van der Waals surface area contributed by atoms with Crippen molar-refractivity contribution in [2.75, 3.05) is 0 Å². The van der Waals surface area contributed by atoms with E-state index in [0.29, 0.717) is 12.8 Å². The second-order valence-corrected chi connectivity index (χ2v) is 9.06. The zero-order chi connectivity index (χ0) is 28.4. The summed E-state index contributed by atoms with van der Waals surface area (Å²) in [5.74, 6) is -3.12. The summed E-state index contributed by atoms with van der Waals surface area (Å²) in [6.07, 6.45) is -5.88. The van der Waals surface area contributed by atoms with E-state index >= 15 is 0 Å². The first-order valence-corrected chi connectivity index (χ1v) is 12.2. The molecule has 1 aliphatic heterocycles. The summed E-state index contributed by atoms with van der Waals surface area (Å²) in [6, 6.07) is 7.64. The van der Waals surface area contributed by atoms with E-state index in [0.717, 1.165) is 26.0 Å². The van der Waals surface area contributed by atoms with Crippen LogP contribution in [0.4, 0.5) is 0 Å². The maximum absolute atomic E-state index is 13.7. The predicted molar refractivity (Wildman–Crippen MR) is 134 cm³/mol. The van der Waals surface area contributed by atoms with Crippen LogP contribution in [0.1, 0.15) is 33.6 Å². The highest BCUT2D eigenvalue weighted by molar-refractivity contribution is 5.88. The highest BCUT2D eigenvalue weighted by Gasteiger charge is 2.50. The van der Waals surface area contributed by atoms with E-state index < -0.39 is 59.6 Å². The fraction of sp³-hybridized carbons (Fsp3) is 0.370. The minimum Gasteiger partial charge on any atom is -0.508 e. The van der Waals surface area contributed by atoms with Gasteiger partial charge in [0, 0.05) is 31.5 Å². The van der Waals surface area contributed by atoms with Gasteiger partial charge in [-0.2, -0.15) is 0 Å². The predicted octanol–water partition coefficient (Wildman–Crippen LogP) is 2.70. The molecule has 2 aromatic carbocycles. The Hall–Kier alpha value is -4.29. The Labute approximate surface area is 221 Å². The van der Waals surface area contributed by atoms with Gasteiger partial charge < -0.3 is 43.8 Å². The number of hydrogen-bond acceptors (Lipinski definition) is 12. The van der Waals surface area contributed by atoms with E-state index in [1.807, 2.05) is 6.92 Å². The lowest BCUT2D eigenvalue weighted by molar-refractivity contribution is -0.281. The maximum atomic E-state index is 13.7. The average molecular weight is 545 g/mol. The van der Waals surface area contributed by atoms with Gasteiger partial charge in [0.15, 0.2) is 18.0 Å². The highest BCUT2D eigenvalue weighted by atomic mass is 16.7. The number of hydrogen-bond donors (Lipinski definition) is 4. The second-order valence-electron chi connectivity index (χ2n) is 9.06. The number of esters is 2. The Morgan fingerprint density at radius 3 is 2.21 bits per heavy atom. The van der Waals surface area contributed by atoms with E-state index in [2.05, 4.69) is 0 Å². The number of benzene rings is 2. The summed E-state index contributed by atoms with van der Waals surface area (Å²) in [6.45, 7) is 4.10. The molecule has 0 saturated carbocycles. The lowest BCUT2D eigenvalue weighted by atomic mass is 9.95. The second kappa shape index (κ2) is 11.2. The minimum absolute atomic E-state index is 0.0628. The van der Waals surface area contributed by atoms with Gasteiger partial charge in [0.25, 0.3) is 0 Å². The summed E-state index contributed by atoms with van der Waals surface area (Å²) >= 11 is 0. The first-order chi connectivity index (χ1) is 18.5. The van der Waals surface area contributed by atoms with Crippen LogP contribution in [-0.4, -0.2) is 63.1 Å². The van der Waals surface area contributed by atoms with E-state index in [4.69, 9.17) is 23.4 Å². The molecule has 0 aliphatic carbocycles. The Morgan fingerprint density at radius 2 is 1.59 bits per heavy atom. The van der Waals surface area contributed by atoms with Crippen molar-refractivity contribution in [1.82, 2.24) is 0 Å². The Balaban J connectivity index is 1.87. The normalized spacial score (nSPS) is 22.8. The van der Waals surface area contributed by atoms with Crippen LogP contribution in [0.2, 0.25) is 0 Å². The van der Waals surface area contributed by atoms with Gasteiger partial charge in [-0.3, -0.25) is 14.4 Å². The SMILES string of the molecule is CCCC1OC(Oc2c(-c3ccc(O)cc3)oc3cc(O)cc(O)c3c2=O)C(OC(C)=O)C(O)C1OC(C)=O. The van der Waals surface area contributed by atoms with Crippen molar-refractivity contribution in [3.63, 3.8) is 0 Å². The van der Waals surface area contributed by atoms with Crippen LogP contribution in [0.3, 0.4) is 0 Å². The monoisotopic (exact) mass is 544 g/mol. The van der Waals surface area contributed by atoms with Crippen LogP contribution >= 0.6 is 0 Å². The van der Waals surface area contributed by atoms with Crippen LogP contribution in [0, 0.1) is 0 Å². The van der Waals surface area contributed by atoms with Crippen LogP contribution < -0.4 is 10.2 Å². The van der Waals surface area contributed by atoms with Crippen molar-refractivity contribution in [3.8, 4) is 34.3 Å². The average Bonchev–Trinajstić information content (AvgIpc) is 2.85. The summed E-state index contributed by atoms with van der Waals surface area (Å²) in [7, 11) is 0. The minimum atomic E-state index is -1.58. The number of phenols is 3. The molecule has 5 unspecified atom stereocenters. The number of carbonyl (C=O) groups is 2. The molecular weight excluding hydrogens is 516 g/mol. The molecule has 2 heterocycles. The van der Waals surface area contributed by atoms with E-state index in [9.17, 15) is 34.8 Å². The number of phenolic OH excluding ortho intramolecular Hbond substituents is 3. The van der Waals surface area contributed by atoms with E-state index in [1.165, 1.54) is 24.3 Å². The molecule has 12 heteroatoms. The largest absolute Gasteiger partial charge is 0.508 e. The van der Waals surface area contributed by atoms with Crippen molar-refractivity contribution in [3.05, 3.63) is 46.6 Å². The van der Waals surface area contributed by atoms with E-state index in [-0.39, 0.29) is 33.8 Å². The van der Waals surface area contributed by atoms with Gasteiger partial charge in [0.2, 0.25) is 17.5 Å². The van der Waals surface area contributed by atoms with Gasteiger partial charge in [-0.15, -0.1) is 0 Å². The molecular formula is C27H28O12. The van der Waals surface area contributed by atoms with Crippen molar-refractivity contribution < 1.29 is 53.4 Å².